The molecule has 3 nitrogen and oxygen atoms in total. The minimum Gasteiger partial charge on any atom is -0.383 e. The van der Waals surface area contributed by atoms with Gasteiger partial charge in [-0.3, -0.25) is 4.98 Å². The molecule has 0 radical (unpaired) electrons. The van der Waals surface area contributed by atoms with E-state index in [9.17, 15) is 0 Å². The molecule has 1 rings (SSSR count). The largest absolute Gasteiger partial charge is 0.383 e. The second-order valence-corrected chi connectivity index (χ2v) is 2.83. The molecule has 0 unspecified atom stereocenters. The molecule has 0 saturated carbocycles. The number of aromatic nitrogens is 1. The molecule has 0 aliphatic rings. The Balaban J connectivity index is 2.95. The minimum absolute atomic E-state index is 0.598. The highest BCUT2D eigenvalue weighted by Gasteiger charge is 1.96. The second kappa shape index (κ2) is 4.27. The zero-order chi connectivity index (χ0) is 9.68. The molecule has 0 amide bonds. The fraction of sp³-hybridized carbons (Fsp3) is 0.200. The van der Waals surface area contributed by atoms with Gasteiger partial charge in [-0.1, -0.05) is 0 Å². The highest BCUT2D eigenvalue weighted by Crippen LogP contribution is 2.05. The van der Waals surface area contributed by atoms with Crippen molar-refractivity contribution in [1.82, 2.24) is 9.88 Å². The third-order valence-corrected chi connectivity index (χ3v) is 1.49. The van der Waals surface area contributed by atoms with Crippen molar-refractivity contribution in [3.05, 3.63) is 35.8 Å². The molecule has 13 heavy (non-hydrogen) atoms. The van der Waals surface area contributed by atoms with E-state index in [1.54, 1.807) is 18.3 Å². The molecule has 0 atom stereocenters. The SMILES string of the molecule is CN(C)/C=C\c1ncccc1C#N. The third kappa shape index (κ3) is 2.60. The van der Waals surface area contributed by atoms with Crippen LogP contribution < -0.4 is 0 Å². The van der Waals surface area contributed by atoms with Crippen LogP contribution in [0.15, 0.2) is 24.5 Å². The van der Waals surface area contributed by atoms with E-state index in [0.29, 0.717) is 11.3 Å². The van der Waals surface area contributed by atoms with Crippen LogP contribution in [0.1, 0.15) is 11.3 Å². The monoisotopic (exact) mass is 173 g/mol. The molecule has 66 valence electrons. The van der Waals surface area contributed by atoms with Crippen LogP contribution in [0, 0.1) is 11.3 Å². The van der Waals surface area contributed by atoms with E-state index < -0.39 is 0 Å². The minimum atomic E-state index is 0.598. The molecule has 1 aromatic rings. The van der Waals surface area contributed by atoms with Gasteiger partial charge in [0.2, 0.25) is 0 Å². The normalized spacial score (nSPS) is 9.92. The lowest BCUT2D eigenvalue weighted by atomic mass is 10.2. The van der Waals surface area contributed by atoms with Crippen LogP contribution in [-0.4, -0.2) is 24.0 Å². The van der Waals surface area contributed by atoms with Crippen LogP contribution in [-0.2, 0) is 0 Å². The number of pyridine rings is 1. The zero-order valence-electron chi connectivity index (χ0n) is 7.73. The second-order valence-electron chi connectivity index (χ2n) is 2.83. The van der Waals surface area contributed by atoms with Gasteiger partial charge in [-0.2, -0.15) is 5.26 Å². The Hall–Kier alpha value is -1.82. The number of nitrogens with zero attached hydrogens (tertiary/aromatic N) is 3. The molecule has 0 aliphatic heterocycles. The summed E-state index contributed by atoms with van der Waals surface area (Å²) in [7, 11) is 3.84. The van der Waals surface area contributed by atoms with E-state index in [-0.39, 0.29) is 0 Å². The maximum absolute atomic E-state index is 8.75. The van der Waals surface area contributed by atoms with Gasteiger partial charge >= 0.3 is 0 Å². The molecule has 0 aliphatic carbocycles. The van der Waals surface area contributed by atoms with E-state index >= 15 is 0 Å². The van der Waals surface area contributed by atoms with Crippen molar-refractivity contribution in [2.24, 2.45) is 0 Å². The Bertz CT molecular complexity index is 347. The highest BCUT2D eigenvalue weighted by atomic mass is 15.0. The fourth-order valence-corrected chi connectivity index (χ4v) is 0.865. The standard InChI is InChI=1S/C10H11N3/c1-13(2)7-5-10-9(8-11)4-3-6-12-10/h3-7H,1-2H3/b7-5-. The molecule has 0 aromatic carbocycles. The van der Waals surface area contributed by atoms with Gasteiger partial charge in [0.25, 0.3) is 0 Å². The van der Waals surface area contributed by atoms with E-state index in [0.717, 1.165) is 0 Å². The van der Waals surface area contributed by atoms with Crippen LogP contribution in [0.5, 0.6) is 0 Å². The highest BCUT2D eigenvalue weighted by molar-refractivity contribution is 5.53. The lowest BCUT2D eigenvalue weighted by Gasteiger charge is -2.03. The number of rotatable bonds is 2. The van der Waals surface area contributed by atoms with E-state index in [2.05, 4.69) is 11.1 Å². The zero-order valence-corrected chi connectivity index (χ0v) is 7.73. The third-order valence-electron chi connectivity index (χ3n) is 1.49. The van der Waals surface area contributed by atoms with Gasteiger partial charge in [0.1, 0.15) is 6.07 Å². The van der Waals surface area contributed by atoms with Gasteiger partial charge in [0.05, 0.1) is 11.3 Å². The lowest BCUT2D eigenvalue weighted by molar-refractivity contribution is 0.567. The molecular weight excluding hydrogens is 162 g/mol. The summed E-state index contributed by atoms with van der Waals surface area (Å²) in [6.07, 6.45) is 5.36. The van der Waals surface area contributed by atoms with Gasteiger partial charge < -0.3 is 4.90 Å². The van der Waals surface area contributed by atoms with Crippen molar-refractivity contribution in [2.75, 3.05) is 14.1 Å². The maximum Gasteiger partial charge on any atom is 0.101 e. The van der Waals surface area contributed by atoms with Gasteiger partial charge in [0, 0.05) is 26.5 Å². The molecule has 1 heterocycles. The topological polar surface area (TPSA) is 39.9 Å². The van der Waals surface area contributed by atoms with Crippen LogP contribution in [0.3, 0.4) is 0 Å². The Morgan fingerprint density at radius 3 is 2.92 bits per heavy atom. The Morgan fingerprint density at radius 2 is 2.31 bits per heavy atom. The van der Waals surface area contributed by atoms with Crippen molar-refractivity contribution < 1.29 is 0 Å². The van der Waals surface area contributed by atoms with Crippen molar-refractivity contribution in [3.63, 3.8) is 0 Å². The predicted molar refractivity (Wildman–Crippen MR) is 51.7 cm³/mol. The first-order valence-electron chi connectivity index (χ1n) is 3.94. The van der Waals surface area contributed by atoms with Crippen molar-refractivity contribution in [3.8, 4) is 6.07 Å². The quantitative estimate of drug-likeness (QED) is 0.680. The summed E-state index contributed by atoms with van der Waals surface area (Å²) in [5, 5.41) is 8.75. The molecule has 0 N–H and O–H groups in total. The number of hydrogen-bond acceptors (Lipinski definition) is 3. The summed E-state index contributed by atoms with van der Waals surface area (Å²) in [6, 6.07) is 5.59. The van der Waals surface area contributed by atoms with Gasteiger partial charge in [0.15, 0.2) is 0 Å². The van der Waals surface area contributed by atoms with Crippen molar-refractivity contribution in [2.45, 2.75) is 0 Å². The van der Waals surface area contributed by atoms with E-state index in [1.165, 1.54) is 0 Å². The van der Waals surface area contributed by atoms with Crippen LogP contribution in [0.4, 0.5) is 0 Å². The lowest BCUT2D eigenvalue weighted by Crippen LogP contribution is -2.00. The van der Waals surface area contributed by atoms with Crippen LogP contribution in [0.25, 0.3) is 6.08 Å². The van der Waals surface area contributed by atoms with Gasteiger partial charge in [-0.15, -0.1) is 0 Å². The summed E-state index contributed by atoms with van der Waals surface area (Å²) in [5.74, 6) is 0. The smallest absolute Gasteiger partial charge is 0.101 e. The first kappa shape index (κ1) is 9.27. The number of nitriles is 1. The first-order valence-corrected chi connectivity index (χ1v) is 3.94. The Labute approximate surface area is 77.9 Å². The number of hydrogen-bond donors (Lipinski definition) is 0. The molecule has 0 fully saturated rings. The average molecular weight is 173 g/mol. The predicted octanol–water partition coefficient (Wildman–Crippen LogP) is 1.49. The first-order chi connectivity index (χ1) is 6.24. The van der Waals surface area contributed by atoms with Crippen molar-refractivity contribution in [1.29, 1.82) is 5.26 Å². The van der Waals surface area contributed by atoms with E-state index in [4.69, 9.17) is 5.26 Å². The Morgan fingerprint density at radius 1 is 1.54 bits per heavy atom. The summed E-state index contributed by atoms with van der Waals surface area (Å²) < 4.78 is 0. The molecule has 0 saturated heterocycles. The summed E-state index contributed by atoms with van der Waals surface area (Å²) in [6.45, 7) is 0. The van der Waals surface area contributed by atoms with Gasteiger partial charge in [-0.05, 0) is 18.2 Å². The molecule has 1 aromatic heterocycles. The molecular formula is C10H11N3. The van der Waals surface area contributed by atoms with Gasteiger partial charge in [-0.25, -0.2) is 0 Å². The van der Waals surface area contributed by atoms with Crippen LogP contribution >= 0.6 is 0 Å². The summed E-state index contributed by atoms with van der Waals surface area (Å²) in [5.41, 5.74) is 1.30. The van der Waals surface area contributed by atoms with Crippen LogP contribution in [0.2, 0.25) is 0 Å². The summed E-state index contributed by atoms with van der Waals surface area (Å²) >= 11 is 0. The molecule has 0 bridgehead atoms. The van der Waals surface area contributed by atoms with Crippen molar-refractivity contribution >= 4 is 6.08 Å². The Kier molecular flexibility index (Phi) is 3.04. The average Bonchev–Trinajstić information content (AvgIpc) is 2.15. The molecule has 0 spiro atoms. The fourth-order valence-electron chi connectivity index (χ4n) is 0.865. The summed E-state index contributed by atoms with van der Waals surface area (Å²) in [4.78, 5) is 5.98. The van der Waals surface area contributed by atoms with E-state index in [1.807, 2.05) is 31.3 Å². The maximum atomic E-state index is 8.75. The molecule has 3 heteroatoms.